The van der Waals surface area contributed by atoms with E-state index in [9.17, 15) is 8.78 Å². The van der Waals surface area contributed by atoms with Gasteiger partial charge in [-0.15, -0.1) is 0 Å². The van der Waals surface area contributed by atoms with Gasteiger partial charge in [0.25, 0.3) is 5.92 Å². The van der Waals surface area contributed by atoms with Crippen molar-refractivity contribution in [3.05, 3.63) is 24.0 Å². The van der Waals surface area contributed by atoms with Gasteiger partial charge in [-0.2, -0.15) is 0 Å². The van der Waals surface area contributed by atoms with E-state index in [1.165, 1.54) is 25.4 Å². The summed E-state index contributed by atoms with van der Waals surface area (Å²) in [6.45, 7) is 1.47. The first kappa shape index (κ1) is 7.25. The molecule has 1 nitrogen and oxygen atoms in total. The van der Waals surface area contributed by atoms with E-state index < -0.39 is 5.92 Å². The number of aromatic amines is 1. The van der Waals surface area contributed by atoms with Crippen LogP contribution < -0.4 is 0 Å². The van der Waals surface area contributed by atoms with Crippen LogP contribution in [0, 0.1) is 0 Å². The number of nitrogens with one attached hydrogen (secondary N) is 1. The van der Waals surface area contributed by atoms with Gasteiger partial charge in [-0.1, -0.05) is 6.92 Å². The fraction of sp³-hybridized carbons (Fsp3) is 0.429. The van der Waals surface area contributed by atoms with Crippen molar-refractivity contribution in [3.63, 3.8) is 0 Å². The lowest BCUT2D eigenvalue weighted by Gasteiger charge is -2.10. The summed E-state index contributed by atoms with van der Waals surface area (Å²) in [5.41, 5.74) is 0.0648. The third-order valence-electron chi connectivity index (χ3n) is 1.46. The summed E-state index contributed by atoms with van der Waals surface area (Å²) in [5, 5.41) is 0. The van der Waals surface area contributed by atoms with E-state index >= 15 is 0 Å². The number of aromatic nitrogens is 1. The summed E-state index contributed by atoms with van der Waals surface area (Å²) in [7, 11) is 0. The molecule has 0 aliphatic rings. The van der Waals surface area contributed by atoms with Crippen molar-refractivity contribution in [1.82, 2.24) is 4.98 Å². The van der Waals surface area contributed by atoms with E-state index in [4.69, 9.17) is 0 Å². The topological polar surface area (TPSA) is 15.8 Å². The molecule has 1 heterocycles. The average Bonchev–Trinajstić information content (AvgIpc) is 2.38. The van der Waals surface area contributed by atoms with Crippen LogP contribution in [0.5, 0.6) is 0 Å². The van der Waals surface area contributed by atoms with Crippen molar-refractivity contribution in [2.45, 2.75) is 19.3 Å². The molecule has 1 aromatic heterocycles. The second-order valence-electron chi connectivity index (χ2n) is 2.16. The molecule has 1 N–H and O–H groups in total. The van der Waals surface area contributed by atoms with Crippen molar-refractivity contribution in [2.75, 3.05) is 0 Å². The van der Waals surface area contributed by atoms with Crippen LogP contribution in [0.2, 0.25) is 0 Å². The molecule has 0 atom stereocenters. The molecular weight excluding hydrogens is 136 g/mol. The molecule has 0 amide bonds. The van der Waals surface area contributed by atoms with Crippen LogP contribution in [0.4, 0.5) is 8.78 Å². The van der Waals surface area contributed by atoms with E-state index in [0.29, 0.717) is 0 Å². The van der Waals surface area contributed by atoms with Crippen molar-refractivity contribution in [1.29, 1.82) is 0 Å². The van der Waals surface area contributed by atoms with Crippen LogP contribution in [0.3, 0.4) is 0 Å². The van der Waals surface area contributed by atoms with Crippen LogP contribution in [0.25, 0.3) is 0 Å². The zero-order valence-corrected chi connectivity index (χ0v) is 5.70. The van der Waals surface area contributed by atoms with E-state index in [2.05, 4.69) is 4.98 Å². The summed E-state index contributed by atoms with van der Waals surface area (Å²) in [6.07, 6.45) is 2.67. The fourth-order valence-electron chi connectivity index (χ4n) is 0.756. The molecule has 1 rings (SSSR count). The minimum atomic E-state index is -2.67. The largest absolute Gasteiger partial charge is 0.367 e. The summed E-state index contributed by atoms with van der Waals surface area (Å²) in [4.78, 5) is 2.59. The molecule has 0 fully saturated rings. The normalized spacial score (nSPS) is 11.9. The number of halogens is 2. The summed E-state index contributed by atoms with van der Waals surface area (Å²) in [5.74, 6) is -2.67. The smallest absolute Gasteiger partial charge is 0.274 e. The van der Waals surface area contributed by atoms with E-state index in [-0.39, 0.29) is 12.0 Å². The number of hydrogen-bond donors (Lipinski definition) is 1. The highest BCUT2D eigenvalue weighted by molar-refractivity contribution is 5.14. The Morgan fingerprint density at radius 2 is 2.30 bits per heavy atom. The van der Waals surface area contributed by atoms with Crippen molar-refractivity contribution < 1.29 is 8.78 Å². The Kier molecular flexibility index (Phi) is 1.74. The predicted octanol–water partition coefficient (Wildman–Crippen LogP) is 2.52. The van der Waals surface area contributed by atoms with Crippen LogP contribution >= 0.6 is 0 Å². The molecule has 10 heavy (non-hydrogen) atoms. The first-order valence-electron chi connectivity index (χ1n) is 3.18. The summed E-state index contributed by atoms with van der Waals surface area (Å²) in [6, 6.07) is 1.39. The van der Waals surface area contributed by atoms with E-state index in [1.54, 1.807) is 0 Å². The molecule has 3 heteroatoms. The van der Waals surface area contributed by atoms with Crippen molar-refractivity contribution in [3.8, 4) is 0 Å². The van der Waals surface area contributed by atoms with Gasteiger partial charge in [-0.25, -0.2) is 8.78 Å². The fourth-order valence-corrected chi connectivity index (χ4v) is 0.756. The molecule has 0 saturated carbocycles. The quantitative estimate of drug-likeness (QED) is 0.658. The van der Waals surface area contributed by atoms with E-state index in [0.717, 1.165) is 0 Å². The SMILES string of the molecule is CCC(F)(F)c1cc[nH]c1. The molecule has 0 aliphatic carbocycles. The Labute approximate surface area is 58.1 Å². The molecule has 1 aromatic rings. The van der Waals surface area contributed by atoms with Gasteiger partial charge in [-0.3, -0.25) is 0 Å². The van der Waals surface area contributed by atoms with E-state index in [1.807, 2.05) is 0 Å². The number of hydrogen-bond acceptors (Lipinski definition) is 0. The zero-order chi connectivity index (χ0) is 7.61. The van der Waals surface area contributed by atoms with Crippen LogP contribution in [-0.4, -0.2) is 4.98 Å². The van der Waals surface area contributed by atoms with Gasteiger partial charge in [0.2, 0.25) is 0 Å². The summed E-state index contributed by atoms with van der Waals surface area (Å²) < 4.78 is 25.4. The predicted molar refractivity (Wildman–Crippen MR) is 35.0 cm³/mol. The zero-order valence-electron chi connectivity index (χ0n) is 5.70. The average molecular weight is 145 g/mol. The Bertz CT molecular complexity index is 191. The van der Waals surface area contributed by atoms with Crippen LogP contribution in [-0.2, 0) is 5.92 Å². The number of H-pyrrole nitrogens is 1. The highest BCUT2D eigenvalue weighted by Gasteiger charge is 2.28. The molecule has 0 aliphatic heterocycles. The highest BCUT2D eigenvalue weighted by Crippen LogP contribution is 2.30. The minimum Gasteiger partial charge on any atom is -0.367 e. The van der Waals surface area contributed by atoms with Crippen molar-refractivity contribution >= 4 is 0 Å². The standard InChI is InChI=1S/C7H9F2N/c1-2-7(8,9)6-3-4-10-5-6/h3-5,10H,2H2,1H3. The molecule has 0 aromatic carbocycles. The van der Waals surface area contributed by atoms with Crippen molar-refractivity contribution in [2.24, 2.45) is 0 Å². The van der Waals surface area contributed by atoms with Gasteiger partial charge >= 0.3 is 0 Å². The Morgan fingerprint density at radius 3 is 2.70 bits per heavy atom. The maximum Gasteiger partial charge on any atom is 0.274 e. The maximum atomic E-state index is 12.7. The summed E-state index contributed by atoms with van der Waals surface area (Å²) >= 11 is 0. The molecule has 0 unspecified atom stereocenters. The van der Waals surface area contributed by atoms with Gasteiger partial charge in [-0.05, 0) is 6.07 Å². The monoisotopic (exact) mass is 145 g/mol. The van der Waals surface area contributed by atoms with Gasteiger partial charge in [0.1, 0.15) is 0 Å². The lowest BCUT2D eigenvalue weighted by atomic mass is 10.1. The third-order valence-corrected chi connectivity index (χ3v) is 1.46. The first-order chi connectivity index (χ1) is 4.67. The second-order valence-corrected chi connectivity index (χ2v) is 2.16. The molecule has 0 radical (unpaired) electrons. The Balaban J connectivity index is 2.85. The molecule has 0 spiro atoms. The van der Waals surface area contributed by atoms with Gasteiger partial charge in [0.05, 0.1) is 0 Å². The lowest BCUT2D eigenvalue weighted by Crippen LogP contribution is -2.09. The third kappa shape index (κ3) is 1.17. The first-order valence-corrected chi connectivity index (χ1v) is 3.18. The van der Waals surface area contributed by atoms with Gasteiger partial charge < -0.3 is 4.98 Å². The van der Waals surface area contributed by atoms with Crippen LogP contribution in [0.15, 0.2) is 18.5 Å². The van der Waals surface area contributed by atoms with Gasteiger partial charge in [0.15, 0.2) is 0 Å². The molecule has 56 valence electrons. The molecule has 0 saturated heterocycles. The minimum absolute atomic E-state index is 0.0648. The number of rotatable bonds is 2. The molecular formula is C7H9F2N. The number of alkyl halides is 2. The molecule has 0 bridgehead atoms. The van der Waals surface area contributed by atoms with Gasteiger partial charge in [0, 0.05) is 24.4 Å². The highest BCUT2D eigenvalue weighted by atomic mass is 19.3. The Hall–Kier alpha value is -0.860. The maximum absolute atomic E-state index is 12.7. The lowest BCUT2D eigenvalue weighted by molar-refractivity contribution is -0.00813. The Morgan fingerprint density at radius 1 is 1.60 bits per heavy atom. The van der Waals surface area contributed by atoms with Crippen LogP contribution in [0.1, 0.15) is 18.9 Å². The second kappa shape index (κ2) is 2.40.